The van der Waals surface area contributed by atoms with Crippen LogP contribution in [0.4, 0.5) is 0 Å². The summed E-state index contributed by atoms with van der Waals surface area (Å²) in [5, 5.41) is 69.6. The van der Waals surface area contributed by atoms with Gasteiger partial charge in [-0.25, -0.2) is 4.79 Å². The minimum Gasteiger partial charge on any atom is -0.422 e. The maximum Gasteiger partial charge on any atom is 0.343 e. The third-order valence-corrected chi connectivity index (χ3v) is 9.49. The van der Waals surface area contributed by atoms with Gasteiger partial charge < -0.3 is 49.8 Å². The Kier molecular flexibility index (Phi) is 7.82. The smallest absolute Gasteiger partial charge is 0.343 e. The fourth-order valence-electron chi connectivity index (χ4n) is 7.12. The second-order valence-electron chi connectivity index (χ2n) is 12.3. The fraction of sp³-hybridized carbons (Fsp3) is 0.343. The minimum atomic E-state index is -2.81. The summed E-state index contributed by atoms with van der Waals surface area (Å²) < 4.78 is 17.8. The molecule has 0 unspecified atom stereocenters. The third kappa shape index (κ3) is 4.88. The molecule has 0 amide bonds. The number of aliphatic hydroxyl groups excluding tert-OH is 4. The van der Waals surface area contributed by atoms with Gasteiger partial charge in [-0.2, -0.15) is 0 Å². The number of rotatable bonds is 8. The van der Waals surface area contributed by atoms with Gasteiger partial charge in [-0.15, -0.1) is 0 Å². The topological polar surface area (TPSA) is 182 Å². The van der Waals surface area contributed by atoms with Crippen LogP contribution < -0.4 is 4.74 Å². The summed E-state index contributed by atoms with van der Waals surface area (Å²) in [4.78, 5) is 17.1. The van der Waals surface area contributed by atoms with Crippen molar-refractivity contribution in [2.24, 2.45) is 5.92 Å². The Morgan fingerprint density at radius 3 is 2.37 bits per heavy atom. The Morgan fingerprint density at radius 2 is 1.65 bits per heavy atom. The highest BCUT2D eigenvalue weighted by molar-refractivity contribution is 6.14. The number of fused-ring (bicyclic) bond motifs is 4. The largest absolute Gasteiger partial charge is 0.422 e. The lowest BCUT2D eigenvalue weighted by molar-refractivity contribution is -0.326. The number of aliphatic hydroxyl groups is 6. The molecule has 11 heteroatoms. The average molecular weight is 630 g/mol. The summed E-state index contributed by atoms with van der Waals surface area (Å²) in [5.41, 5.74) is -0.788. The van der Waals surface area contributed by atoms with E-state index in [4.69, 9.17) is 14.2 Å². The molecular weight excluding hydrogens is 594 g/mol. The Labute approximate surface area is 263 Å². The van der Waals surface area contributed by atoms with Crippen LogP contribution in [0, 0.1) is 5.92 Å². The van der Waals surface area contributed by atoms with Crippen LogP contribution in [0.15, 0.2) is 78.9 Å². The minimum absolute atomic E-state index is 0.0435. The van der Waals surface area contributed by atoms with Crippen LogP contribution >= 0.6 is 0 Å². The lowest BCUT2D eigenvalue weighted by Crippen LogP contribution is -2.63. The summed E-state index contributed by atoms with van der Waals surface area (Å²) in [5.74, 6) is -4.89. The maximum atomic E-state index is 14.0. The number of carbonyl (C=O) groups is 1. The van der Waals surface area contributed by atoms with Crippen molar-refractivity contribution in [1.82, 2.24) is 4.98 Å². The number of nitrogens with one attached hydrogen (secondary N) is 1. The van der Waals surface area contributed by atoms with Crippen LogP contribution in [-0.4, -0.2) is 84.0 Å². The number of H-pyrrole nitrogens is 1. The van der Waals surface area contributed by atoms with E-state index in [0.29, 0.717) is 16.5 Å². The van der Waals surface area contributed by atoms with Gasteiger partial charge in [0.15, 0.2) is 11.9 Å². The first-order valence-electron chi connectivity index (χ1n) is 15.2. The molecule has 7 N–H and O–H groups in total. The standard InChI is InChI=1S/C35H35NO10/c37-16-23-14-24(39)15-34(23,42)35(43)32(40)30(44-18-19-6-2-1-3-7-19)31(46-35)33(41)45-29-27(17-38)36-26-11-10-22-12-20-8-4-5-9-21(20)13-25(22)28(26)29/h1-13,23-24,30-32,36-40,42-43H,14-18H2/t23-,24+,30-,31+,32+,34-,35+/m0/s1. The molecule has 2 fully saturated rings. The monoisotopic (exact) mass is 629 g/mol. The van der Waals surface area contributed by atoms with E-state index in [1.807, 2.05) is 54.6 Å². The highest BCUT2D eigenvalue weighted by atomic mass is 16.7. The van der Waals surface area contributed by atoms with Crippen LogP contribution in [-0.2, 0) is 27.5 Å². The second kappa shape index (κ2) is 11.7. The molecule has 240 valence electrons. The number of aromatic amines is 1. The summed E-state index contributed by atoms with van der Waals surface area (Å²) in [6.45, 7) is -1.19. The first kappa shape index (κ1) is 30.7. The fourth-order valence-corrected chi connectivity index (χ4v) is 7.12. The van der Waals surface area contributed by atoms with E-state index >= 15 is 0 Å². The van der Waals surface area contributed by atoms with Crippen molar-refractivity contribution in [3.8, 4) is 5.75 Å². The van der Waals surface area contributed by atoms with Gasteiger partial charge >= 0.3 is 5.97 Å². The molecule has 0 spiro atoms. The van der Waals surface area contributed by atoms with E-state index in [9.17, 15) is 35.4 Å². The first-order valence-corrected chi connectivity index (χ1v) is 15.2. The molecule has 5 aromatic rings. The zero-order valence-electron chi connectivity index (χ0n) is 24.7. The third-order valence-electron chi connectivity index (χ3n) is 9.49. The molecule has 1 aliphatic heterocycles. The van der Waals surface area contributed by atoms with Crippen LogP contribution in [0.2, 0.25) is 0 Å². The molecule has 2 heterocycles. The van der Waals surface area contributed by atoms with Gasteiger partial charge in [0.1, 0.15) is 17.8 Å². The quantitative estimate of drug-likeness (QED) is 0.0995. The molecule has 7 atom stereocenters. The number of aromatic nitrogens is 1. The molecule has 2 aliphatic rings. The van der Waals surface area contributed by atoms with Gasteiger partial charge in [-0.1, -0.05) is 60.7 Å². The van der Waals surface area contributed by atoms with E-state index in [2.05, 4.69) is 4.98 Å². The van der Waals surface area contributed by atoms with Gasteiger partial charge in [-0.3, -0.25) is 0 Å². The zero-order chi connectivity index (χ0) is 32.2. The zero-order valence-corrected chi connectivity index (χ0v) is 24.7. The molecule has 1 saturated heterocycles. The van der Waals surface area contributed by atoms with Gasteiger partial charge in [-0.05, 0) is 51.7 Å². The van der Waals surface area contributed by atoms with Crippen LogP contribution in [0.3, 0.4) is 0 Å². The highest BCUT2D eigenvalue weighted by Gasteiger charge is 2.70. The second-order valence-corrected chi connectivity index (χ2v) is 12.3. The summed E-state index contributed by atoms with van der Waals surface area (Å²) in [7, 11) is 0. The van der Waals surface area contributed by atoms with Gasteiger partial charge in [0, 0.05) is 18.9 Å². The average Bonchev–Trinajstić information content (AvgIpc) is 3.68. The van der Waals surface area contributed by atoms with Crippen molar-refractivity contribution >= 4 is 38.4 Å². The number of ether oxygens (including phenoxy) is 3. The van der Waals surface area contributed by atoms with E-state index in [0.717, 1.165) is 21.5 Å². The van der Waals surface area contributed by atoms with Crippen molar-refractivity contribution in [2.75, 3.05) is 6.61 Å². The predicted molar refractivity (Wildman–Crippen MR) is 166 cm³/mol. The first-order chi connectivity index (χ1) is 22.2. The van der Waals surface area contributed by atoms with Gasteiger partial charge in [0.2, 0.25) is 5.79 Å². The van der Waals surface area contributed by atoms with E-state index in [1.165, 1.54) is 0 Å². The number of hydrogen-bond donors (Lipinski definition) is 7. The summed E-state index contributed by atoms with van der Waals surface area (Å²) in [6.07, 6.45) is -6.84. The van der Waals surface area contributed by atoms with Crippen molar-refractivity contribution in [2.45, 2.75) is 61.9 Å². The number of hydrogen-bond acceptors (Lipinski definition) is 10. The van der Waals surface area contributed by atoms with Crippen molar-refractivity contribution in [3.63, 3.8) is 0 Å². The molecule has 0 radical (unpaired) electrons. The molecular formula is C35H35NO10. The summed E-state index contributed by atoms with van der Waals surface area (Å²) in [6, 6.07) is 24.5. The molecule has 0 bridgehead atoms. The van der Waals surface area contributed by atoms with E-state index in [1.54, 1.807) is 24.3 Å². The lowest BCUT2D eigenvalue weighted by atomic mass is 9.80. The number of esters is 1. The molecule has 11 nitrogen and oxygen atoms in total. The SMILES string of the molecule is O=C(Oc1c(CO)[nH]c2ccc3cc4ccccc4cc3c12)[C@@H]1O[C@@](O)([C@]2(O)C[C@H](O)C[C@H]2CO)[C@H](O)[C@H]1OCc1ccccc1. The Hall–Kier alpha value is -3.91. The lowest BCUT2D eigenvalue weighted by Gasteiger charge is -2.42. The van der Waals surface area contributed by atoms with Crippen LogP contribution in [0.5, 0.6) is 5.75 Å². The molecule has 46 heavy (non-hydrogen) atoms. The van der Waals surface area contributed by atoms with Gasteiger partial charge in [0.25, 0.3) is 0 Å². The Balaban J connectivity index is 1.28. The molecule has 4 aromatic carbocycles. The number of carbonyl (C=O) groups excluding carboxylic acids is 1. The maximum absolute atomic E-state index is 14.0. The Morgan fingerprint density at radius 1 is 0.935 bits per heavy atom. The normalized spacial score (nSPS) is 29.7. The van der Waals surface area contributed by atoms with Crippen molar-refractivity contribution in [1.29, 1.82) is 0 Å². The predicted octanol–water partition coefficient (Wildman–Crippen LogP) is 2.40. The van der Waals surface area contributed by atoms with Gasteiger partial charge in [0.05, 0.1) is 35.9 Å². The van der Waals surface area contributed by atoms with E-state index in [-0.39, 0.29) is 24.5 Å². The summed E-state index contributed by atoms with van der Waals surface area (Å²) >= 11 is 0. The Bertz CT molecular complexity index is 1910. The van der Waals surface area contributed by atoms with Crippen LogP contribution in [0.25, 0.3) is 32.4 Å². The van der Waals surface area contributed by atoms with Crippen molar-refractivity contribution in [3.05, 3.63) is 90.1 Å². The molecule has 1 aromatic heterocycles. The van der Waals surface area contributed by atoms with Crippen LogP contribution in [0.1, 0.15) is 24.1 Å². The van der Waals surface area contributed by atoms with Crippen molar-refractivity contribution < 1.29 is 49.6 Å². The molecule has 1 saturated carbocycles. The van der Waals surface area contributed by atoms with E-state index < -0.39 is 67.3 Å². The highest BCUT2D eigenvalue weighted by Crippen LogP contribution is 2.50. The number of benzene rings is 4. The molecule has 7 rings (SSSR count). The molecule has 1 aliphatic carbocycles.